The molecule has 0 N–H and O–H groups in total. The predicted molar refractivity (Wildman–Crippen MR) is 59.9 cm³/mol. The average Bonchev–Trinajstić information content (AvgIpc) is 2.16. The Morgan fingerprint density at radius 1 is 1.57 bits per heavy atom. The van der Waals surface area contributed by atoms with Crippen LogP contribution in [0.3, 0.4) is 0 Å². The van der Waals surface area contributed by atoms with Crippen LogP contribution in [0.25, 0.3) is 0 Å². The highest BCUT2D eigenvalue weighted by Crippen LogP contribution is 2.14. The normalized spacial score (nSPS) is 12.2. The molecule has 0 amide bonds. The van der Waals surface area contributed by atoms with Crippen LogP contribution < -0.4 is 4.74 Å². The molecule has 0 aliphatic heterocycles. The number of ether oxygens (including phenoxy) is 1. The van der Waals surface area contributed by atoms with Crippen LogP contribution in [0.5, 0.6) is 5.75 Å². The van der Waals surface area contributed by atoms with E-state index in [9.17, 15) is 4.79 Å². The molecule has 0 heterocycles. The van der Waals surface area contributed by atoms with Crippen LogP contribution in [0.4, 0.5) is 0 Å². The number of hydrogen-bond donors (Lipinski definition) is 1. The van der Waals surface area contributed by atoms with Crippen LogP contribution in [0, 0.1) is 6.92 Å². The molecule has 0 aromatic heterocycles. The molecule has 0 spiro atoms. The molecular formula is C11H14O2S. The fourth-order valence-electron chi connectivity index (χ4n) is 1.03. The third-order valence-electron chi connectivity index (χ3n) is 1.87. The van der Waals surface area contributed by atoms with Gasteiger partial charge in [0, 0.05) is 0 Å². The van der Waals surface area contributed by atoms with Gasteiger partial charge in [-0.15, -0.1) is 0 Å². The standard InChI is InChI=1S/C11H14O2S/c1-3-10(14)11(12)13-9-6-4-5-8(2)7-9/h4-7,10,14H,3H2,1-2H3. The van der Waals surface area contributed by atoms with Crippen LogP contribution in [0.15, 0.2) is 24.3 Å². The van der Waals surface area contributed by atoms with Gasteiger partial charge in [-0.25, -0.2) is 0 Å². The van der Waals surface area contributed by atoms with Gasteiger partial charge in [0.1, 0.15) is 5.75 Å². The van der Waals surface area contributed by atoms with Crippen molar-refractivity contribution in [2.75, 3.05) is 0 Å². The summed E-state index contributed by atoms with van der Waals surface area (Å²) in [6.45, 7) is 3.85. The summed E-state index contributed by atoms with van der Waals surface area (Å²) in [6, 6.07) is 7.40. The SMILES string of the molecule is CCC(S)C(=O)Oc1cccc(C)c1. The molecule has 14 heavy (non-hydrogen) atoms. The van der Waals surface area contributed by atoms with E-state index in [4.69, 9.17) is 4.74 Å². The van der Waals surface area contributed by atoms with Crippen molar-refractivity contribution in [3.63, 3.8) is 0 Å². The highest BCUT2D eigenvalue weighted by molar-refractivity contribution is 7.81. The first-order valence-electron chi connectivity index (χ1n) is 4.60. The summed E-state index contributed by atoms with van der Waals surface area (Å²) in [6.07, 6.45) is 0.674. The average molecular weight is 210 g/mol. The number of thiol groups is 1. The molecule has 0 fully saturated rings. The molecule has 1 aromatic carbocycles. The van der Waals surface area contributed by atoms with E-state index in [1.54, 1.807) is 6.07 Å². The number of aryl methyl sites for hydroxylation is 1. The first-order valence-corrected chi connectivity index (χ1v) is 5.11. The fourth-order valence-corrected chi connectivity index (χ4v) is 1.08. The Hall–Kier alpha value is -0.960. The van der Waals surface area contributed by atoms with E-state index in [1.165, 1.54) is 0 Å². The van der Waals surface area contributed by atoms with Crippen molar-refractivity contribution in [2.24, 2.45) is 0 Å². The van der Waals surface area contributed by atoms with E-state index < -0.39 is 0 Å². The third kappa shape index (κ3) is 3.07. The first kappa shape index (κ1) is 11.1. The Bertz CT molecular complexity index is 323. The summed E-state index contributed by atoms with van der Waals surface area (Å²) in [7, 11) is 0. The van der Waals surface area contributed by atoms with Crippen molar-refractivity contribution in [2.45, 2.75) is 25.5 Å². The van der Waals surface area contributed by atoms with Gasteiger partial charge in [0.15, 0.2) is 0 Å². The molecule has 0 aliphatic carbocycles. The largest absolute Gasteiger partial charge is 0.426 e. The van der Waals surface area contributed by atoms with E-state index in [0.29, 0.717) is 12.2 Å². The Morgan fingerprint density at radius 2 is 2.29 bits per heavy atom. The Labute approximate surface area is 89.7 Å². The van der Waals surface area contributed by atoms with E-state index in [2.05, 4.69) is 12.6 Å². The lowest BCUT2D eigenvalue weighted by Crippen LogP contribution is -2.19. The van der Waals surface area contributed by atoms with Gasteiger partial charge < -0.3 is 4.74 Å². The second-order valence-electron chi connectivity index (χ2n) is 3.16. The second kappa shape index (κ2) is 5.05. The molecule has 1 unspecified atom stereocenters. The van der Waals surface area contributed by atoms with Crippen molar-refractivity contribution in [1.29, 1.82) is 0 Å². The second-order valence-corrected chi connectivity index (χ2v) is 3.78. The number of hydrogen-bond acceptors (Lipinski definition) is 3. The lowest BCUT2D eigenvalue weighted by molar-refractivity contribution is -0.133. The van der Waals surface area contributed by atoms with Gasteiger partial charge in [0.25, 0.3) is 0 Å². The Balaban J connectivity index is 2.65. The van der Waals surface area contributed by atoms with Crippen molar-refractivity contribution < 1.29 is 9.53 Å². The van der Waals surface area contributed by atoms with Crippen LogP contribution >= 0.6 is 12.6 Å². The summed E-state index contributed by atoms with van der Waals surface area (Å²) in [5.74, 6) is 0.295. The van der Waals surface area contributed by atoms with Crippen LogP contribution in [-0.4, -0.2) is 11.2 Å². The molecule has 0 radical (unpaired) electrons. The van der Waals surface area contributed by atoms with Crippen molar-refractivity contribution in [1.82, 2.24) is 0 Å². The van der Waals surface area contributed by atoms with Gasteiger partial charge >= 0.3 is 5.97 Å². The number of esters is 1. The van der Waals surface area contributed by atoms with Crippen LogP contribution in [-0.2, 0) is 4.79 Å². The monoisotopic (exact) mass is 210 g/mol. The number of carbonyl (C=O) groups is 1. The van der Waals surface area contributed by atoms with Crippen LogP contribution in [0.2, 0.25) is 0 Å². The molecule has 76 valence electrons. The quantitative estimate of drug-likeness (QED) is 0.471. The first-order chi connectivity index (χ1) is 6.63. The van der Waals surface area contributed by atoms with E-state index in [1.807, 2.05) is 32.0 Å². The van der Waals surface area contributed by atoms with Crippen molar-refractivity contribution in [3.8, 4) is 5.75 Å². The topological polar surface area (TPSA) is 26.3 Å². The van der Waals surface area contributed by atoms with Gasteiger partial charge in [-0.1, -0.05) is 19.1 Å². The van der Waals surface area contributed by atoms with Crippen LogP contribution in [0.1, 0.15) is 18.9 Å². The fraction of sp³-hybridized carbons (Fsp3) is 0.364. The summed E-state index contributed by atoms with van der Waals surface area (Å²) < 4.78 is 5.13. The summed E-state index contributed by atoms with van der Waals surface area (Å²) in [4.78, 5) is 11.4. The maximum atomic E-state index is 11.4. The zero-order valence-corrected chi connectivity index (χ0v) is 9.25. The third-order valence-corrected chi connectivity index (χ3v) is 2.44. The summed E-state index contributed by atoms with van der Waals surface area (Å²) in [5, 5.41) is -0.337. The predicted octanol–water partition coefficient (Wildman–Crippen LogP) is 2.61. The maximum Gasteiger partial charge on any atom is 0.324 e. The minimum atomic E-state index is -0.337. The minimum Gasteiger partial charge on any atom is -0.426 e. The number of rotatable bonds is 3. The molecular weight excluding hydrogens is 196 g/mol. The van der Waals surface area contributed by atoms with E-state index >= 15 is 0 Å². The Morgan fingerprint density at radius 3 is 2.86 bits per heavy atom. The molecule has 1 atom stereocenters. The lowest BCUT2D eigenvalue weighted by atomic mass is 10.2. The molecule has 0 saturated carbocycles. The van der Waals surface area contributed by atoms with Gasteiger partial charge in [0.2, 0.25) is 0 Å². The van der Waals surface area contributed by atoms with Gasteiger partial charge in [-0.3, -0.25) is 4.79 Å². The zero-order chi connectivity index (χ0) is 10.6. The molecule has 1 aromatic rings. The summed E-state index contributed by atoms with van der Waals surface area (Å²) >= 11 is 4.11. The number of benzene rings is 1. The molecule has 2 nitrogen and oxygen atoms in total. The smallest absolute Gasteiger partial charge is 0.324 e. The molecule has 3 heteroatoms. The molecule has 1 rings (SSSR count). The maximum absolute atomic E-state index is 11.4. The van der Waals surface area contributed by atoms with Gasteiger partial charge in [0.05, 0.1) is 5.25 Å². The van der Waals surface area contributed by atoms with Crippen molar-refractivity contribution >= 4 is 18.6 Å². The molecule has 0 bridgehead atoms. The van der Waals surface area contributed by atoms with E-state index in [-0.39, 0.29) is 11.2 Å². The molecule has 0 saturated heterocycles. The Kier molecular flexibility index (Phi) is 4.01. The number of carbonyl (C=O) groups excluding carboxylic acids is 1. The lowest BCUT2D eigenvalue weighted by Gasteiger charge is -2.08. The zero-order valence-electron chi connectivity index (χ0n) is 8.36. The molecule has 0 aliphatic rings. The van der Waals surface area contributed by atoms with E-state index in [0.717, 1.165) is 5.56 Å². The highest BCUT2D eigenvalue weighted by Gasteiger charge is 2.13. The highest BCUT2D eigenvalue weighted by atomic mass is 32.1. The van der Waals surface area contributed by atoms with Gasteiger partial charge in [-0.05, 0) is 31.0 Å². The minimum absolute atomic E-state index is 0.290. The summed E-state index contributed by atoms with van der Waals surface area (Å²) in [5.41, 5.74) is 1.07. The van der Waals surface area contributed by atoms with Crippen molar-refractivity contribution in [3.05, 3.63) is 29.8 Å². The van der Waals surface area contributed by atoms with Gasteiger partial charge in [-0.2, -0.15) is 12.6 Å².